The maximum absolute atomic E-state index is 14.9. The van der Waals surface area contributed by atoms with Crippen LogP contribution in [-0.4, -0.2) is 30.2 Å². The van der Waals surface area contributed by atoms with Gasteiger partial charge < -0.3 is 14.4 Å². The predicted molar refractivity (Wildman–Crippen MR) is 131 cm³/mol. The van der Waals surface area contributed by atoms with Gasteiger partial charge in [-0.15, -0.1) is 0 Å². The Kier molecular flexibility index (Phi) is 8.52. The second kappa shape index (κ2) is 11.6. The van der Waals surface area contributed by atoms with Crippen molar-refractivity contribution < 1.29 is 23.0 Å². The molecule has 0 amide bonds. The van der Waals surface area contributed by atoms with E-state index >= 15 is 0 Å². The van der Waals surface area contributed by atoms with Gasteiger partial charge in [-0.1, -0.05) is 32.1 Å². The van der Waals surface area contributed by atoms with Gasteiger partial charge in [-0.3, -0.25) is 4.98 Å². The fourth-order valence-electron chi connectivity index (χ4n) is 3.86. The normalized spacial score (nSPS) is 11.5. The Bertz CT molecular complexity index is 1180. The number of methoxy groups -OCH3 is 2. The van der Waals surface area contributed by atoms with Crippen molar-refractivity contribution >= 4 is 17.5 Å². The monoisotopic (exact) mass is 481 g/mol. The van der Waals surface area contributed by atoms with Crippen molar-refractivity contribution in [3.8, 4) is 5.75 Å². The standard InChI is InChI=1S/C27H29F2N3O3/c1-5-27(6-2,14-13-26(33)35-4)24-16-30-17-25(31-24)32(23-12-9-20(28)15-22(23)29)18-19-7-10-21(34-3)11-8-19/h7-17H,5-6,18H2,1-4H3/b14-13+. The van der Waals surface area contributed by atoms with E-state index in [9.17, 15) is 13.6 Å². The van der Waals surface area contributed by atoms with Crippen LogP contribution in [-0.2, 0) is 21.5 Å². The molecule has 1 aromatic heterocycles. The SMILES string of the molecule is CCC(/C=C/C(=O)OC)(CC)c1cncc(N(Cc2ccc(OC)cc2)c2ccc(F)cc2F)n1. The molecule has 0 radical (unpaired) electrons. The molecule has 0 saturated carbocycles. The number of anilines is 2. The van der Waals surface area contributed by atoms with Crippen molar-refractivity contribution in [2.75, 3.05) is 19.1 Å². The topological polar surface area (TPSA) is 64.5 Å². The Morgan fingerprint density at radius 1 is 1.06 bits per heavy atom. The quantitative estimate of drug-likeness (QED) is 0.266. The number of nitrogens with zero attached hydrogens (tertiary/aromatic N) is 3. The van der Waals surface area contributed by atoms with Gasteiger partial charge in [0.05, 0.1) is 31.8 Å². The van der Waals surface area contributed by atoms with Crippen molar-refractivity contribution in [3.05, 3.63) is 89.9 Å². The van der Waals surface area contributed by atoms with E-state index in [2.05, 4.69) is 4.98 Å². The van der Waals surface area contributed by atoms with E-state index in [1.54, 1.807) is 24.3 Å². The number of hydrogen-bond acceptors (Lipinski definition) is 6. The molecule has 0 unspecified atom stereocenters. The molecule has 0 fully saturated rings. The molecule has 0 atom stereocenters. The van der Waals surface area contributed by atoms with Crippen LogP contribution in [0.2, 0.25) is 0 Å². The zero-order chi connectivity index (χ0) is 25.4. The molecular formula is C27H29F2N3O3. The molecule has 6 nitrogen and oxygen atoms in total. The second-order valence-corrected chi connectivity index (χ2v) is 8.01. The highest BCUT2D eigenvalue weighted by Gasteiger charge is 2.29. The lowest BCUT2D eigenvalue weighted by molar-refractivity contribution is -0.134. The van der Waals surface area contributed by atoms with E-state index in [1.807, 2.05) is 38.1 Å². The zero-order valence-corrected chi connectivity index (χ0v) is 20.3. The van der Waals surface area contributed by atoms with Crippen LogP contribution in [0.4, 0.5) is 20.3 Å². The lowest BCUT2D eigenvalue weighted by atomic mass is 9.79. The molecule has 8 heteroatoms. The second-order valence-electron chi connectivity index (χ2n) is 8.01. The van der Waals surface area contributed by atoms with Crippen LogP contribution in [0, 0.1) is 11.6 Å². The molecule has 0 aliphatic carbocycles. The third-order valence-electron chi connectivity index (χ3n) is 6.11. The van der Waals surface area contributed by atoms with Crippen LogP contribution >= 0.6 is 0 Å². The van der Waals surface area contributed by atoms with Gasteiger partial charge in [-0.2, -0.15) is 0 Å². The number of benzene rings is 2. The first kappa shape index (κ1) is 25.8. The average molecular weight is 482 g/mol. The Morgan fingerprint density at radius 2 is 1.77 bits per heavy atom. The molecule has 3 aromatic rings. The molecule has 0 spiro atoms. The fourth-order valence-corrected chi connectivity index (χ4v) is 3.86. The zero-order valence-electron chi connectivity index (χ0n) is 20.3. The van der Waals surface area contributed by atoms with Crippen molar-refractivity contribution in [2.45, 2.75) is 38.6 Å². The van der Waals surface area contributed by atoms with Gasteiger partial charge in [0, 0.05) is 30.3 Å². The minimum absolute atomic E-state index is 0.164. The van der Waals surface area contributed by atoms with E-state index in [-0.39, 0.29) is 12.2 Å². The number of carbonyl (C=O) groups is 1. The van der Waals surface area contributed by atoms with Crippen LogP contribution in [0.3, 0.4) is 0 Å². The van der Waals surface area contributed by atoms with E-state index in [1.165, 1.54) is 31.5 Å². The smallest absolute Gasteiger partial charge is 0.330 e. The Labute approximate surface area is 204 Å². The van der Waals surface area contributed by atoms with Crippen LogP contribution in [0.15, 0.2) is 67.0 Å². The van der Waals surface area contributed by atoms with Crippen LogP contribution in [0.25, 0.3) is 0 Å². The number of hydrogen-bond donors (Lipinski definition) is 0. The lowest BCUT2D eigenvalue weighted by Crippen LogP contribution is -2.26. The molecule has 184 valence electrons. The van der Waals surface area contributed by atoms with Crippen molar-refractivity contribution in [2.24, 2.45) is 0 Å². The summed E-state index contributed by atoms with van der Waals surface area (Å²) in [5.74, 6) is -0.757. The van der Waals surface area contributed by atoms with Crippen molar-refractivity contribution in [1.29, 1.82) is 0 Å². The molecule has 0 N–H and O–H groups in total. The first-order valence-electron chi connectivity index (χ1n) is 11.3. The third-order valence-corrected chi connectivity index (χ3v) is 6.11. The molecule has 0 aliphatic heterocycles. The lowest BCUT2D eigenvalue weighted by Gasteiger charge is -2.30. The largest absolute Gasteiger partial charge is 0.497 e. The van der Waals surface area contributed by atoms with Gasteiger partial charge in [-0.25, -0.2) is 18.6 Å². The van der Waals surface area contributed by atoms with E-state index in [4.69, 9.17) is 14.5 Å². The van der Waals surface area contributed by atoms with Gasteiger partial charge in [-0.05, 0) is 42.7 Å². The summed E-state index contributed by atoms with van der Waals surface area (Å²) >= 11 is 0. The summed E-state index contributed by atoms with van der Waals surface area (Å²) in [5.41, 5.74) is 1.08. The first-order valence-corrected chi connectivity index (χ1v) is 11.3. The number of esters is 1. The predicted octanol–water partition coefficient (Wildman–Crippen LogP) is 5.89. The molecule has 1 heterocycles. The molecule has 35 heavy (non-hydrogen) atoms. The molecule has 0 aliphatic rings. The summed E-state index contributed by atoms with van der Waals surface area (Å²) < 4.78 is 38.5. The highest BCUT2D eigenvalue weighted by molar-refractivity contribution is 5.82. The van der Waals surface area contributed by atoms with Crippen molar-refractivity contribution in [1.82, 2.24) is 9.97 Å². The summed E-state index contributed by atoms with van der Waals surface area (Å²) in [6.45, 7) is 4.25. The minimum Gasteiger partial charge on any atom is -0.497 e. The summed E-state index contributed by atoms with van der Waals surface area (Å²) in [7, 11) is 2.90. The molecular weight excluding hydrogens is 452 g/mol. The number of rotatable bonds is 10. The van der Waals surface area contributed by atoms with Crippen molar-refractivity contribution in [3.63, 3.8) is 0 Å². The number of allylic oxidation sites excluding steroid dienone is 1. The summed E-state index contributed by atoms with van der Waals surface area (Å²) in [6.07, 6.45) is 7.65. The van der Waals surface area contributed by atoms with Gasteiger partial charge in [0.1, 0.15) is 17.4 Å². The van der Waals surface area contributed by atoms with E-state index < -0.39 is 23.0 Å². The molecule has 3 rings (SSSR count). The Hall–Kier alpha value is -3.81. The summed E-state index contributed by atoms with van der Waals surface area (Å²) in [5, 5.41) is 0. The third kappa shape index (κ3) is 6.01. The maximum atomic E-state index is 14.9. The van der Waals surface area contributed by atoms with Crippen LogP contribution in [0.1, 0.15) is 37.9 Å². The maximum Gasteiger partial charge on any atom is 0.330 e. The summed E-state index contributed by atoms with van der Waals surface area (Å²) in [6, 6.07) is 10.8. The van der Waals surface area contributed by atoms with Crippen LogP contribution in [0.5, 0.6) is 5.75 Å². The fraction of sp³-hybridized carbons (Fsp3) is 0.296. The van der Waals surface area contributed by atoms with E-state index in [0.29, 0.717) is 30.1 Å². The number of halogens is 2. The Balaban J connectivity index is 2.09. The van der Waals surface area contributed by atoms with E-state index in [0.717, 1.165) is 11.6 Å². The average Bonchev–Trinajstić information content (AvgIpc) is 2.89. The Morgan fingerprint density at radius 3 is 2.37 bits per heavy atom. The van der Waals surface area contributed by atoms with Gasteiger partial charge in [0.25, 0.3) is 0 Å². The van der Waals surface area contributed by atoms with Gasteiger partial charge in [0.2, 0.25) is 0 Å². The van der Waals surface area contributed by atoms with Gasteiger partial charge >= 0.3 is 5.97 Å². The minimum atomic E-state index is -0.714. The van der Waals surface area contributed by atoms with Gasteiger partial charge in [0.15, 0.2) is 5.82 Å². The first-order chi connectivity index (χ1) is 16.9. The molecule has 0 saturated heterocycles. The highest BCUT2D eigenvalue weighted by Crippen LogP contribution is 2.35. The number of aromatic nitrogens is 2. The highest BCUT2D eigenvalue weighted by atomic mass is 19.1. The summed E-state index contributed by atoms with van der Waals surface area (Å²) in [4.78, 5) is 22.6. The number of ether oxygens (including phenoxy) is 2. The van der Waals surface area contributed by atoms with Crippen LogP contribution < -0.4 is 9.64 Å². The molecule has 2 aromatic carbocycles. The number of carbonyl (C=O) groups excluding carboxylic acids is 1. The molecule has 0 bridgehead atoms.